The molecule has 8 nitrogen and oxygen atoms in total. The molecule has 1 aromatic rings. The van der Waals surface area contributed by atoms with Gasteiger partial charge in [-0.3, -0.25) is 10.4 Å². The Morgan fingerprint density at radius 3 is 2.43 bits per heavy atom. The molecule has 0 amide bonds. The quantitative estimate of drug-likeness (QED) is 0.688. The van der Waals surface area contributed by atoms with Crippen LogP contribution in [0.25, 0.3) is 0 Å². The Hall–Kier alpha value is -3.65. The fourth-order valence-electron chi connectivity index (χ4n) is 2.61. The van der Waals surface area contributed by atoms with E-state index in [1.54, 1.807) is 24.3 Å². The zero-order chi connectivity index (χ0) is 16.6. The predicted octanol–water partition coefficient (Wildman–Crippen LogP) is 0.455. The van der Waals surface area contributed by atoms with Crippen LogP contribution in [0.3, 0.4) is 0 Å². The van der Waals surface area contributed by atoms with Gasteiger partial charge in [-0.1, -0.05) is 18.2 Å². The molecule has 0 aliphatic carbocycles. The number of nitrogens with two attached hydrogens (primary N) is 2. The minimum atomic E-state index is -0.774. The third-order valence-corrected chi connectivity index (χ3v) is 3.71. The summed E-state index contributed by atoms with van der Waals surface area (Å²) in [6, 6.07) is 12.1. The van der Waals surface area contributed by atoms with Crippen LogP contribution in [0.5, 0.6) is 0 Å². The standard InChI is InChI=1S/C15H12N8/c16-6-9-12(18)11-13(21-14(9)19)10(7-17)22-23(15(11)20)8-4-2-1-3-5-8/h1-5,11,13,20H,18H2,(H2,19,21). The first kappa shape index (κ1) is 14.3. The van der Waals surface area contributed by atoms with E-state index in [4.69, 9.17) is 16.9 Å². The lowest BCUT2D eigenvalue weighted by Crippen LogP contribution is -2.51. The fourth-order valence-corrected chi connectivity index (χ4v) is 2.61. The van der Waals surface area contributed by atoms with E-state index in [0.717, 1.165) is 0 Å². The number of para-hydroxylation sites is 1. The average molecular weight is 304 g/mol. The normalized spacial score (nSPS) is 23.4. The molecule has 3 rings (SSSR count). The number of hydrogen-bond donors (Lipinski definition) is 3. The van der Waals surface area contributed by atoms with E-state index in [1.165, 1.54) is 5.01 Å². The molecule has 2 unspecified atom stereocenters. The van der Waals surface area contributed by atoms with Crippen molar-refractivity contribution in [2.75, 3.05) is 5.01 Å². The zero-order valence-corrected chi connectivity index (χ0v) is 11.9. The first-order valence-electron chi connectivity index (χ1n) is 6.74. The number of nitrogens with one attached hydrogen (secondary N) is 1. The molecule has 2 heterocycles. The van der Waals surface area contributed by atoms with Crippen LogP contribution < -0.4 is 16.5 Å². The van der Waals surface area contributed by atoms with Crippen LogP contribution in [-0.4, -0.2) is 23.4 Å². The number of anilines is 1. The van der Waals surface area contributed by atoms with Crippen molar-refractivity contribution in [3.8, 4) is 12.1 Å². The third-order valence-electron chi connectivity index (χ3n) is 3.71. The number of fused-ring (bicyclic) bond motifs is 1. The van der Waals surface area contributed by atoms with Gasteiger partial charge in [-0.25, -0.2) is 5.01 Å². The second-order valence-electron chi connectivity index (χ2n) is 5.01. The molecule has 0 saturated heterocycles. The van der Waals surface area contributed by atoms with Crippen molar-refractivity contribution >= 4 is 23.1 Å². The molecule has 0 aromatic heterocycles. The molecular formula is C15H12N8. The molecule has 2 aliphatic heterocycles. The molecule has 5 N–H and O–H groups in total. The average Bonchev–Trinajstić information content (AvgIpc) is 2.56. The number of nitriles is 2. The first-order valence-corrected chi connectivity index (χ1v) is 6.74. The number of rotatable bonds is 1. The second kappa shape index (κ2) is 5.28. The smallest absolute Gasteiger partial charge is 0.164 e. The SMILES string of the molecule is N#CC1=NN(c2ccccc2)C(=N)C2C(N)=C(C#N)C(N)=NC12. The van der Waals surface area contributed by atoms with Crippen molar-refractivity contribution in [2.45, 2.75) is 6.04 Å². The van der Waals surface area contributed by atoms with E-state index >= 15 is 0 Å². The van der Waals surface area contributed by atoms with Gasteiger partial charge in [0.25, 0.3) is 0 Å². The van der Waals surface area contributed by atoms with Gasteiger partial charge < -0.3 is 11.5 Å². The van der Waals surface area contributed by atoms with Crippen LogP contribution in [-0.2, 0) is 0 Å². The molecule has 0 fully saturated rings. The van der Waals surface area contributed by atoms with E-state index in [2.05, 4.69) is 10.1 Å². The van der Waals surface area contributed by atoms with E-state index in [9.17, 15) is 10.5 Å². The Bertz CT molecular complexity index is 850. The summed E-state index contributed by atoms with van der Waals surface area (Å²) in [5, 5.41) is 32.5. The van der Waals surface area contributed by atoms with E-state index in [-0.39, 0.29) is 28.7 Å². The Kier molecular flexibility index (Phi) is 3.28. The van der Waals surface area contributed by atoms with Gasteiger partial charge >= 0.3 is 0 Å². The fraction of sp³-hybridized carbons (Fsp3) is 0.133. The predicted molar refractivity (Wildman–Crippen MR) is 85.4 cm³/mol. The van der Waals surface area contributed by atoms with Crippen LogP contribution >= 0.6 is 0 Å². The summed E-state index contributed by atoms with van der Waals surface area (Å²) in [7, 11) is 0. The Balaban J connectivity index is 2.17. The lowest BCUT2D eigenvalue weighted by molar-refractivity contribution is 0.664. The van der Waals surface area contributed by atoms with Crippen LogP contribution in [0, 0.1) is 34.0 Å². The molecule has 1 aromatic carbocycles. The summed E-state index contributed by atoms with van der Waals surface area (Å²) >= 11 is 0. The van der Waals surface area contributed by atoms with E-state index < -0.39 is 12.0 Å². The van der Waals surface area contributed by atoms with Crippen molar-refractivity contribution in [1.82, 2.24) is 0 Å². The molecule has 2 aliphatic rings. The van der Waals surface area contributed by atoms with Gasteiger partial charge in [0.05, 0.1) is 11.6 Å². The maximum absolute atomic E-state index is 9.37. The highest BCUT2D eigenvalue weighted by Crippen LogP contribution is 2.32. The minimum absolute atomic E-state index is 0.0323. The third kappa shape index (κ3) is 2.10. The number of hydrazone groups is 1. The van der Waals surface area contributed by atoms with Crippen molar-refractivity contribution in [3.05, 3.63) is 41.6 Å². The lowest BCUT2D eigenvalue weighted by Gasteiger charge is -2.36. The van der Waals surface area contributed by atoms with Gasteiger partial charge in [0.15, 0.2) is 5.71 Å². The summed E-state index contributed by atoms with van der Waals surface area (Å²) in [5.41, 5.74) is 12.7. The maximum Gasteiger partial charge on any atom is 0.164 e. The summed E-state index contributed by atoms with van der Waals surface area (Å²) in [5.74, 6) is -0.735. The van der Waals surface area contributed by atoms with E-state index in [0.29, 0.717) is 5.69 Å². The van der Waals surface area contributed by atoms with Gasteiger partial charge in [-0.2, -0.15) is 15.6 Å². The molecule has 23 heavy (non-hydrogen) atoms. The number of hydrogen-bond acceptors (Lipinski definition) is 7. The van der Waals surface area contributed by atoms with Crippen molar-refractivity contribution < 1.29 is 0 Å². The number of benzene rings is 1. The van der Waals surface area contributed by atoms with Gasteiger partial charge in [0.2, 0.25) is 0 Å². The number of aliphatic imine (C=N–C) groups is 1. The molecule has 0 radical (unpaired) electrons. The molecule has 2 atom stereocenters. The summed E-state index contributed by atoms with van der Waals surface area (Å²) < 4.78 is 0. The number of dihydropyridines is 1. The highest BCUT2D eigenvalue weighted by atomic mass is 15.5. The highest BCUT2D eigenvalue weighted by Gasteiger charge is 2.43. The van der Waals surface area contributed by atoms with Crippen LogP contribution in [0.4, 0.5) is 5.69 Å². The monoisotopic (exact) mass is 304 g/mol. The maximum atomic E-state index is 9.37. The van der Waals surface area contributed by atoms with Gasteiger partial charge in [0.1, 0.15) is 35.4 Å². The zero-order valence-electron chi connectivity index (χ0n) is 11.9. The molecule has 8 heteroatoms. The summed E-state index contributed by atoms with van der Waals surface area (Å²) in [6.07, 6.45) is 0. The molecule has 0 saturated carbocycles. The van der Waals surface area contributed by atoms with E-state index in [1.807, 2.05) is 18.2 Å². The van der Waals surface area contributed by atoms with Gasteiger partial charge in [0, 0.05) is 5.70 Å². The summed E-state index contributed by atoms with van der Waals surface area (Å²) in [6.45, 7) is 0. The van der Waals surface area contributed by atoms with Crippen molar-refractivity contribution in [3.63, 3.8) is 0 Å². The first-order chi connectivity index (χ1) is 11.1. The molecule has 0 spiro atoms. The molecule has 112 valence electrons. The topological polar surface area (TPSA) is 151 Å². The molecular weight excluding hydrogens is 292 g/mol. The molecule has 0 bridgehead atoms. The number of amidine groups is 2. The van der Waals surface area contributed by atoms with Gasteiger partial charge in [-0.15, -0.1) is 0 Å². The Morgan fingerprint density at radius 2 is 1.83 bits per heavy atom. The summed E-state index contributed by atoms with van der Waals surface area (Å²) in [4.78, 5) is 4.15. The van der Waals surface area contributed by atoms with Gasteiger partial charge in [-0.05, 0) is 12.1 Å². The van der Waals surface area contributed by atoms with Crippen LogP contribution in [0.2, 0.25) is 0 Å². The highest BCUT2D eigenvalue weighted by molar-refractivity contribution is 6.17. The van der Waals surface area contributed by atoms with Crippen LogP contribution in [0.15, 0.2) is 51.7 Å². The minimum Gasteiger partial charge on any atom is -0.400 e. The van der Waals surface area contributed by atoms with Crippen molar-refractivity contribution in [2.24, 2.45) is 27.5 Å². The van der Waals surface area contributed by atoms with Crippen LogP contribution in [0.1, 0.15) is 0 Å². The Morgan fingerprint density at radius 1 is 1.13 bits per heavy atom. The number of nitrogens with zero attached hydrogens (tertiary/aromatic N) is 5. The largest absolute Gasteiger partial charge is 0.400 e. The lowest BCUT2D eigenvalue weighted by atomic mass is 9.85. The van der Waals surface area contributed by atoms with Crippen molar-refractivity contribution in [1.29, 1.82) is 15.9 Å². The second-order valence-corrected chi connectivity index (χ2v) is 5.01. The Labute approximate surface area is 132 Å².